The fourth-order valence-corrected chi connectivity index (χ4v) is 3.73. The molecule has 3 heteroatoms. The highest BCUT2D eigenvalue weighted by molar-refractivity contribution is 6.08. The highest BCUT2D eigenvalue weighted by Gasteiger charge is 2.14. The Morgan fingerprint density at radius 3 is 2.52 bits per heavy atom. The molecule has 0 aliphatic rings. The lowest BCUT2D eigenvalue weighted by Gasteiger charge is -2.10. The normalized spacial score (nSPS) is 11.4. The molecule has 0 aliphatic heterocycles. The summed E-state index contributed by atoms with van der Waals surface area (Å²) in [6.45, 7) is 2.97. The van der Waals surface area contributed by atoms with E-state index in [1.54, 1.807) is 0 Å². The Balaban J connectivity index is 1.76. The van der Waals surface area contributed by atoms with Gasteiger partial charge in [-0.1, -0.05) is 48.5 Å². The number of benzene rings is 2. The van der Waals surface area contributed by atoms with Crippen molar-refractivity contribution in [1.29, 1.82) is 0 Å². The molecular formula is C22H22N2O. The van der Waals surface area contributed by atoms with E-state index in [2.05, 4.69) is 64.1 Å². The van der Waals surface area contributed by atoms with E-state index in [-0.39, 0.29) is 6.61 Å². The highest BCUT2D eigenvalue weighted by Crippen LogP contribution is 2.31. The summed E-state index contributed by atoms with van der Waals surface area (Å²) in [5.74, 6) is 0. The van der Waals surface area contributed by atoms with Crippen LogP contribution in [-0.4, -0.2) is 14.7 Å². The van der Waals surface area contributed by atoms with Crippen LogP contribution in [-0.2, 0) is 19.6 Å². The quantitative estimate of drug-likeness (QED) is 0.580. The van der Waals surface area contributed by atoms with E-state index in [9.17, 15) is 5.11 Å². The molecule has 2 aromatic carbocycles. The standard InChI is InChI=1S/C22H22N2O/c1-16-22-20(14-18(15-25)23-16)19-11-5-6-12-21(19)24(22)13-7-10-17-8-3-2-4-9-17/h2-6,8-9,11-12,14,25H,7,10,13,15H2,1H3. The van der Waals surface area contributed by atoms with Gasteiger partial charge in [0.1, 0.15) is 0 Å². The minimum absolute atomic E-state index is 0.0235. The van der Waals surface area contributed by atoms with Gasteiger partial charge in [0.2, 0.25) is 0 Å². The Kier molecular flexibility index (Phi) is 4.24. The second kappa shape index (κ2) is 6.69. The predicted molar refractivity (Wildman–Crippen MR) is 103 cm³/mol. The molecule has 0 amide bonds. The average Bonchev–Trinajstić information content (AvgIpc) is 2.97. The van der Waals surface area contributed by atoms with E-state index in [4.69, 9.17) is 0 Å². The maximum Gasteiger partial charge on any atom is 0.0853 e. The summed E-state index contributed by atoms with van der Waals surface area (Å²) < 4.78 is 2.39. The van der Waals surface area contributed by atoms with Crippen LogP contribution in [0.25, 0.3) is 21.8 Å². The van der Waals surface area contributed by atoms with Crippen molar-refractivity contribution in [3.05, 3.63) is 77.6 Å². The smallest absolute Gasteiger partial charge is 0.0853 e. The Morgan fingerprint density at radius 1 is 0.960 bits per heavy atom. The number of hydrogen-bond acceptors (Lipinski definition) is 2. The number of para-hydroxylation sites is 1. The third-order valence-electron chi connectivity index (χ3n) is 4.83. The van der Waals surface area contributed by atoms with Crippen molar-refractivity contribution < 1.29 is 5.11 Å². The molecule has 3 nitrogen and oxygen atoms in total. The van der Waals surface area contributed by atoms with E-state index in [1.165, 1.54) is 27.4 Å². The summed E-state index contributed by atoms with van der Waals surface area (Å²) in [7, 11) is 0. The first kappa shape index (κ1) is 15.9. The summed E-state index contributed by atoms with van der Waals surface area (Å²) in [5.41, 5.74) is 5.52. The average molecular weight is 330 g/mol. The second-order valence-corrected chi connectivity index (χ2v) is 6.51. The summed E-state index contributed by atoms with van der Waals surface area (Å²) in [6, 6.07) is 21.2. The highest BCUT2D eigenvalue weighted by atomic mass is 16.3. The summed E-state index contributed by atoms with van der Waals surface area (Å²) in [4.78, 5) is 4.57. The van der Waals surface area contributed by atoms with Crippen molar-refractivity contribution in [3.8, 4) is 0 Å². The Bertz CT molecular complexity index is 1020. The zero-order valence-corrected chi connectivity index (χ0v) is 14.4. The summed E-state index contributed by atoms with van der Waals surface area (Å²) in [6.07, 6.45) is 2.15. The zero-order chi connectivity index (χ0) is 17.2. The number of aliphatic hydroxyl groups excluding tert-OH is 1. The largest absolute Gasteiger partial charge is 0.390 e. The predicted octanol–water partition coefficient (Wildman–Crippen LogP) is 4.62. The van der Waals surface area contributed by atoms with Crippen molar-refractivity contribution in [3.63, 3.8) is 0 Å². The topological polar surface area (TPSA) is 38.1 Å². The van der Waals surface area contributed by atoms with Crippen LogP contribution in [0.15, 0.2) is 60.7 Å². The van der Waals surface area contributed by atoms with Gasteiger partial charge in [-0.15, -0.1) is 0 Å². The van der Waals surface area contributed by atoms with Crippen LogP contribution in [0.4, 0.5) is 0 Å². The van der Waals surface area contributed by atoms with Crippen LogP contribution < -0.4 is 0 Å². The Morgan fingerprint density at radius 2 is 1.72 bits per heavy atom. The maximum absolute atomic E-state index is 9.50. The fourth-order valence-electron chi connectivity index (χ4n) is 3.73. The molecule has 126 valence electrons. The molecule has 4 rings (SSSR count). The van der Waals surface area contributed by atoms with Gasteiger partial charge in [-0.05, 0) is 37.5 Å². The third kappa shape index (κ3) is 2.92. The zero-order valence-electron chi connectivity index (χ0n) is 14.4. The molecule has 0 radical (unpaired) electrons. The van der Waals surface area contributed by atoms with Gasteiger partial charge in [0.05, 0.1) is 23.5 Å². The molecule has 0 unspecified atom stereocenters. The lowest BCUT2D eigenvalue weighted by Crippen LogP contribution is -2.02. The molecule has 0 atom stereocenters. The summed E-state index contributed by atoms with van der Waals surface area (Å²) >= 11 is 0. The monoisotopic (exact) mass is 330 g/mol. The van der Waals surface area contributed by atoms with Gasteiger partial charge in [0.15, 0.2) is 0 Å². The molecule has 0 saturated carbocycles. The van der Waals surface area contributed by atoms with E-state index in [0.717, 1.165) is 30.8 Å². The van der Waals surface area contributed by atoms with Crippen molar-refractivity contribution in [2.24, 2.45) is 0 Å². The van der Waals surface area contributed by atoms with Crippen LogP contribution in [0, 0.1) is 6.92 Å². The fraction of sp³-hybridized carbons (Fsp3) is 0.227. The molecular weight excluding hydrogens is 308 g/mol. The summed E-state index contributed by atoms with van der Waals surface area (Å²) in [5, 5.41) is 11.9. The first-order valence-electron chi connectivity index (χ1n) is 8.80. The van der Waals surface area contributed by atoms with Crippen molar-refractivity contribution >= 4 is 21.8 Å². The number of rotatable bonds is 5. The van der Waals surface area contributed by atoms with Crippen molar-refractivity contribution in [1.82, 2.24) is 9.55 Å². The molecule has 4 aromatic rings. The van der Waals surface area contributed by atoms with Crippen LogP contribution in [0.1, 0.15) is 23.4 Å². The van der Waals surface area contributed by atoms with Gasteiger partial charge in [0, 0.05) is 22.8 Å². The Hall–Kier alpha value is -2.65. The first-order chi connectivity index (χ1) is 12.3. The van der Waals surface area contributed by atoms with Gasteiger partial charge in [0.25, 0.3) is 0 Å². The van der Waals surface area contributed by atoms with E-state index >= 15 is 0 Å². The van der Waals surface area contributed by atoms with Gasteiger partial charge in [-0.2, -0.15) is 0 Å². The second-order valence-electron chi connectivity index (χ2n) is 6.51. The Labute approximate surface area is 147 Å². The first-order valence-corrected chi connectivity index (χ1v) is 8.80. The molecule has 0 bridgehead atoms. The molecule has 2 heterocycles. The van der Waals surface area contributed by atoms with Gasteiger partial charge in [-0.3, -0.25) is 4.98 Å². The minimum atomic E-state index is -0.0235. The molecule has 0 aliphatic carbocycles. The molecule has 0 saturated heterocycles. The number of aryl methyl sites for hydroxylation is 3. The van der Waals surface area contributed by atoms with Crippen molar-refractivity contribution in [2.75, 3.05) is 0 Å². The van der Waals surface area contributed by atoms with Crippen LogP contribution in [0.3, 0.4) is 0 Å². The van der Waals surface area contributed by atoms with Crippen LogP contribution in [0.5, 0.6) is 0 Å². The molecule has 2 aromatic heterocycles. The van der Waals surface area contributed by atoms with Gasteiger partial charge >= 0.3 is 0 Å². The number of aromatic nitrogens is 2. The van der Waals surface area contributed by atoms with E-state index in [0.29, 0.717) is 0 Å². The number of pyridine rings is 1. The van der Waals surface area contributed by atoms with Gasteiger partial charge < -0.3 is 9.67 Å². The van der Waals surface area contributed by atoms with Crippen LogP contribution in [0.2, 0.25) is 0 Å². The SMILES string of the molecule is Cc1nc(CO)cc2c3ccccc3n(CCCc3ccccc3)c12. The lowest BCUT2D eigenvalue weighted by molar-refractivity contribution is 0.277. The molecule has 25 heavy (non-hydrogen) atoms. The van der Waals surface area contributed by atoms with Gasteiger partial charge in [-0.25, -0.2) is 0 Å². The number of aliphatic hydroxyl groups is 1. The van der Waals surface area contributed by atoms with Crippen LogP contribution >= 0.6 is 0 Å². The lowest BCUT2D eigenvalue weighted by atomic mass is 10.1. The number of nitrogens with zero attached hydrogens (tertiary/aromatic N) is 2. The molecule has 0 fully saturated rings. The van der Waals surface area contributed by atoms with Crippen molar-refractivity contribution in [2.45, 2.75) is 32.9 Å². The van der Waals surface area contributed by atoms with E-state index in [1.807, 2.05) is 13.0 Å². The van der Waals surface area contributed by atoms with E-state index < -0.39 is 0 Å². The number of fused-ring (bicyclic) bond motifs is 3. The molecule has 1 N–H and O–H groups in total. The third-order valence-corrected chi connectivity index (χ3v) is 4.83. The minimum Gasteiger partial charge on any atom is -0.390 e. The maximum atomic E-state index is 9.50. The number of hydrogen-bond donors (Lipinski definition) is 1. The molecule has 0 spiro atoms.